The number of carbonyl (C=O) groups is 3. The number of rotatable bonds is 6. The van der Waals surface area contributed by atoms with Crippen molar-refractivity contribution in [2.45, 2.75) is 20.3 Å². The molecule has 1 aliphatic heterocycles. The van der Waals surface area contributed by atoms with Crippen LogP contribution in [0, 0.1) is 0 Å². The van der Waals surface area contributed by atoms with E-state index in [2.05, 4.69) is 6.58 Å². The smallest absolute Gasteiger partial charge is 0.409 e. The fourth-order valence-corrected chi connectivity index (χ4v) is 2.28. The van der Waals surface area contributed by atoms with Crippen molar-refractivity contribution >= 4 is 17.9 Å². The van der Waals surface area contributed by atoms with Gasteiger partial charge in [0.05, 0.1) is 6.61 Å². The predicted molar refractivity (Wildman–Crippen MR) is 82.2 cm³/mol. The van der Waals surface area contributed by atoms with Crippen LogP contribution in [0.25, 0.3) is 0 Å². The molecule has 0 bridgehead atoms. The number of nitrogens with zero attached hydrogens (tertiary/aromatic N) is 3. The summed E-state index contributed by atoms with van der Waals surface area (Å²) in [7, 11) is 0. The van der Waals surface area contributed by atoms with E-state index < -0.39 is 0 Å². The highest BCUT2D eigenvalue weighted by atomic mass is 16.6. The van der Waals surface area contributed by atoms with Crippen molar-refractivity contribution in [2.75, 3.05) is 45.9 Å². The maximum Gasteiger partial charge on any atom is 0.409 e. The third-order valence-corrected chi connectivity index (χ3v) is 3.55. The Kier molecular flexibility index (Phi) is 7.42. The van der Waals surface area contributed by atoms with E-state index in [4.69, 9.17) is 4.74 Å². The topological polar surface area (TPSA) is 70.2 Å². The first-order chi connectivity index (χ1) is 10.5. The summed E-state index contributed by atoms with van der Waals surface area (Å²) in [6.07, 6.45) is 1.60. The molecule has 0 aliphatic carbocycles. The van der Waals surface area contributed by atoms with Crippen LogP contribution in [0.1, 0.15) is 20.3 Å². The van der Waals surface area contributed by atoms with Crippen molar-refractivity contribution in [3.63, 3.8) is 0 Å². The molecule has 0 atom stereocenters. The molecule has 0 aromatic heterocycles. The minimum atomic E-state index is -0.330. The standard InChI is InChI=1S/C15H25N3O4/c1-4-7-16(13(3)19)8-6-14(20)17-9-11-18(12-10-17)15(21)22-5-2/h4H,1,5-12H2,2-3H3. The zero-order valence-corrected chi connectivity index (χ0v) is 13.4. The quantitative estimate of drug-likeness (QED) is 0.678. The number of piperazine rings is 1. The van der Waals surface area contributed by atoms with Gasteiger partial charge in [-0.2, -0.15) is 0 Å². The van der Waals surface area contributed by atoms with Crippen molar-refractivity contribution in [2.24, 2.45) is 0 Å². The summed E-state index contributed by atoms with van der Waals surface area (Å²) in [5.41, 5.74) is 0. The third-order valence-electron chi connectivity index (χ3n) is 3.55. The molecule has 0 spiro atoms. The molecule has 3 amide bonds. The Bertz CT molecular complexity index is 417. The highest BCUT2D eigenvalue weighted by Crippen LogP contribution is 2.06. The van der Waals surface area contributed by atoms with E-state index in [0.29, 0.717) is 45.9 Å². The summed E-state index contributed by atoms with van der Waals surface area (Å²) < 4.78 is 4.94. The van der Waals surface area contributed by atoms with Gasteiger partial charge in [0.1, 0.15) is 0 Å². The van der Waals surface area contributed by atoms with Crippen molar-refractivity contribution < 1.29 is 19.1 Å². The van der Waals surface area contributed by atoms with E-state index in [0.717, 1.165) is 0 Å². The van der Waals surface area contributed by atoms with Crippen LogP contribution in [0.2, 0.25) is 0 Å². The third kappa shape index (κ3) is 5.38. The van der Waals surface area contributed by atoms with Crippen LogP contribution < -0.4 is 0 Å². The first kappa shape index (κ1) is 18.0. The number of hydrogen-bond acceptors (Lipinski definition) is 4. The Morgan fingerprint density at radius 2 is 1.77 bits per heavy atom. The molecule has 1 heterocycles. The normalized spacial score (nSPS) is 14.5. The summed E-state index contributed by atoms with van der Waals surface area (Å²) in [6, 6.07) is 0. The van der Waals surface area contributed by atoms with Crippen LogP contribution in [0.4, 0.5) is 4.79 Å². The summed E-state index contributed by atoms with van der Waals surface area (Å²) in [5, 5.41) is 0. The summed E-state index contributed by atoms with van der Waals surface area (Å²) in [6.45, 7) is 9.98. The van der Waals surface area contributed by atoms with E-state index in [9.17, 15) is 14.4 Å². The van der Waals surface area contributed by atoms with Crippen LogP contribution >= 0.6 is 0 Å². The van der Waals surface area contributed by atoms with Gasteiger partial charge in [-0.15, -0.1) is 6.58 Å². The van der Waals surface area contributed by atoms with Crippen LogP contribution in [0.15, 0.2) is 12.7 Å². The molecule has 0 saturated carbocycles. The van der Waals surface area contributed by atoms with E-state index in [1.165, 1.54) is 6.92 Å². The Balaban J connectivity index is 2.37. The molecule has 0 unspecified atom stereocenters. The zero-order valence-electron chi connectivity index (χ0n) is 13.4. The molecule has 7 nitrogen and oxygen atoms in total. The number of hydrogen-bond donors (Lipinski definition) is 0. The molecule has 1 saturated heterocycles. The molecule has 22 heavy (non-hydrogen) atoms. The van der Waals surface area contributed by atoms with Gasteiger partial charge in [0, 0.05) is 52.6 Å². The molecule has 0 aromatic rings. The highest BCUT2D eigenvalue weighted by molar-refractivity contribution is 5.78. The molecule has 1 fully saturated rings. The average molecular weight is 311 g/mol. The molecule has 0 N–H and O–H groups in total. The highest BCUT2D eigenvalue weighted by Gasteiger charge is 2.24. The van der Waals surface area contributed by atoms with Crippen LogP contribution in [-0.4, -0.2) is 78.5 Å². The van der Waals surface area contributed by atoms with Crippen LogP contribution in [0.3, 0.4) is 0 Å². The first-order valence-electron chi connectivity index (χ1n) is 7.55. The second-order valence-corrected chi connectivity index (χ2v) is 5.07. The number of carbonyl (C=O) groups excluding carboxylic acids is 3. The van der Waals surface area contributed by atoms with E-state index in [1.54, 1.807) is 27.7 Å². The minimum Gasteiger partial charge on any atom is -0.450 e. The van der Waals surface area contributed by atoms with Gasteiger partial charge in [0.15, 0.2) is 0 Å². The second kappa shape index (κ2) is 9.07. The summed E-state index contributed by atoms with van der Waals surface area (Å²) >= 11 is 0. The largest absolute Gasteiger partial charge is 0.450 e. The van der Waals surface area contributed by atoms with Crippen LogP contribution in [-0.2, 0) is 14.3 Å². The monoisotopic (exact) mass is 311 g/mol. The fourth-order valence-electron chi connectivity index (χ4n) is 2.28. The van der Waals surface area contributed by atoms with Gasteiger partial charge in [0.2, 0.25) is 11.8 Å². The summed E-state index contributed by atoms with van der Waals surface area (Å²) in [5.74, 6) is -0.0707. The first-order valence-corrected chi connectivity index (χ1v) is 7.55. The number of ether oxygens (including phenoxy) is 1. The molecule has 1 aliphatic rings. The summed E-state index contributed by atoms with van der Waals surface area (Å²) in [4.78, 5) is 40.1. The Hall–Kier alpha value is -2.05. The SMILES string of the molecule is C=CCN(CCC(=O)N1CCN(C(=O)OCC)CC1)C(C)=O. The lowest BCUT2D eigenvalue weighted by atomic mass is 10.2. The Morgan fingerprint density at radius 1 is 1.18 bits per heavy atom. The molecule has 0 aromatic carbocycles. The van der Waals surface area contributed by atoms with Crippen molar-refractivity contribution in [1.82, 2.24) is 14.7 Å². The minimum absolute atomic E-state index is 0.00109. The molecule has 124 valence electrons. The lowest BCUT2D eigenvalue weighted by Crippen LogP contribution is -2.51. The predicted octanol–water partition coefficient (Wildman–Crippen LogP) is 0.712. The van der Waals surface area contributed by atoms with E-state index in [1.807, 2.05) is 0 Å². The fraction of sp³-hybridized carbons (Fsp3) is 0.667. The average Bonchev–Trinajstić information content (AvgIpc) is 2.51. The lowest BCUT2D eigenvalue weighted by molar-refractivity contribution is -0.134. The lowest BCUT2D eigenvalue weighted by Gasteiger charge is -2.34. The van der Waals surface area contributed by atoms with Gasteiger partial charge in [-0.1, -0.05) is 6.08 Å². The molecule has 1 rings (SSSR count). The van der Waals surface area contributed by atoms with Gasteiger partial charge in [-0.05, 0) is 6.92 Å². The Morgan fingerprint density at radius 3 is 2.27 bits per heavy atom. The van der Waals surface area contributed by atoms with Gasteiger partial charge >= 0.3 is 6.09 Å². The van der Waals surface area contributed by atoms with E-state index >= 15 is 0 Å². The molecular weight excluding hydrogens is 286 g/mol. The molecule has 7 heteroatoms. The van der Waals surface area contributed by atoms with Gasteiger partial charge in [0.25, 0.3) is 0 Å². The zero-order chi connectivity index (χ0) is 16.5. The molecular formula is C15H25N3O4. The maximum absolute atomic E-state index is 12.2. The van der Waals surface area contributed by atoms with Crippen molar-refractivity contribution in [3.05, 3.63) is 12.7 Å². The van der Waals surface area contributed by atoms with E-state index in [-0.39, 0.29) is 24.3 Å². The van der Waals surface area contributed by atoms with Crippen molar-refractivity contribution in [1.29, 1.82) is 0 Å². The maximum atomic E-state index is 12.2. The molecule has 0 radical (unpaired) electrons. The van der Waals surface area contributed by atoms with Gasteiger partial charge in [-0.25, -0.2) is 4.79 Å². The van der Waals surface area contributed by atoms with Gasteiger partial charge < -0.3 is 19.4 Å². The second-order valence-electron chi connectivity index (χ2n) is 5.07. The number of amides is 3. The van der Waals surface area contributed by atoms with Crippen LogP contribution in [0.5, 0.6) is 0 Å². The van der Waals surface area contributed by atoms with Gasteiger partial charge in [-0.3, -0.25) is 9.59 Å². The Labute approximate surface area is 131 Å². The van der Waals surface area contributed by atoms with Crippen molar-refractivity contribution in [3.8, 4) is 0 Å².